The molecule has 0 rings (SSSR count). The Kier molecular flexibility index (Phi) is 3.77. The molecule has 1 unspecified atom stereocenters. The van der Waals surface area contributed by atoms with Gasteiger partial charge in [0.1, 0.15) is 0 Å². The fraction of sp³-hybridized carbons (Fsp3) is 1.00. The van der Waals surface area contributed by atoms with Crippen LogP contribution >= 0.6 is 0 Å². The first-order valence-electron chi connectivity index (χ1n) is 2.79. The number of rotatable bonds is 3. The molecule has 0 aliphatic heterocycles. The highest BCUT2D eigenvalue weighted by Crippen LogP contribution is 1.69. The van der Waals surface area contributed by atoms with E-state index in [-0.39, 0.29) is 6.04 Å². The maximum atomic E-state index is 5.45. The molecule has 1 atom stereocenters. The number of nitrogens with zero attached hydrogens (tertiary/aromatic N) is 1. The van der Waals surface area contributed by atoms with Gasteiger partial charge >= 0.3 is 0 Å². The van der Waals surface area contributed by atoms with Crippen molar-refractivity contribution in [2.45, 2.75) is 13.0 Å². The Morgan fingerprint density at radius 3 is 2.25 bits per heavy atom. The van der Waals surface area contributed by atoms with E-state index in [2.05, 4.69) is 5.43 Å². The largest absolute Gasteiger partial charge is 0.327 e. The number of nitrogens with one attached hydrogen (secondary N) is 1. The first-order valence-corrected chi connectivity index (χ1v) is 2.79. The molecule has 3 N–H and O–H groups in total. The number of nitrogens with two attached hydrogens (primary N) is 1. The quantitative estimate of drug-likeness (QED) is 0.485. The zero-order valence-corrected chi connectivity index (χ0v) is 5.81. The standard InChI is InChI=1S/C5H15N3/c1-5(6)4-7-8(2)3/h5,7H,4,6H2,1-3H3. The van der Waals surface area contributed by atoms with Crippen LogP contribution in [-0.2, 0) is 0 Å². The van der Waals surface area contributed by atoms with Crippen molar-refractivity contribution in [1.29, 1.82) is 0 Å². The monoisotopic (exact) mass is 117 g/mol. The zero-order chi connectivity index (χ0) is 6.57. The summed E-state index contributed by atoms with van der Waals surface area (Å²) in [5.41, 5.74) is 8.50. The third-order valence-electron chi connectivity index (χ3n) is 0.729. The summed E-state index contributed by atoms with van der Waals surface area (Å²) in [7, 11) is 3.89. The van der Waals surface area contributed by atoms with Gasteiger partial charge in [0.2, 0.25) is 0 Å². The number of hydrazine groups is 1. The highest BCUT2D eigenvalue weighted by atomic mass is 15.5. The molecular formula is C5H15N3. The van der Waals surface area contributed by atoms with E-state index < -0.39 is 0 Å². The predicted molar refractivity (Wildman–Crippen MR) is 35.3 cm³/mol. The predicted octanol–water partition coefficient (Wildman–Crippen LogP) is -0.600. The third kappa shape index (κ3) is 5.88. The first-order chi connectivity index (χ1) is 3.63. The highest BCUT2D eigenvalue weighted by Gasteiger charge is 1.91. The average molecular weight is 117 g/mol. The van der Waals surface area contributed by atoms with Crippen LogP contribution in [0.4, 0.5) is 0 Å². The molecule has 3 nitrogen and oxygen atoms in total. The van der Waals surface area contributed by atoms with Crippen LogP contribution in [0.15, 0.2) is 0 Å². The molecule has 0 heterocycles. The molecule has 0 spiro atoms. The Bertz CT molecular complexity index is 43.6. The summed E-state index contributed by atoms with van der Waals surface area (Å²) in [6.07, 6.45) is 0. The van der Waals surface area contributed by atoms with Gasteiger partial charge in [-0.05, 0) is 6.92 Å². The molecule has 0 aliphatic rings. The van der Waals surface area contributed by atoms with E-state index in [1.165, 1.54) is 0 Å². The van der Waals surface area contributed by atoms with Crippen molar-refractivity contribution in [1.82, 2.24) is 10.4 Å². The normalized spacial score (nSPS) is 14.6. The van der Waals surface area contributed by atoms with Gasteiger partial charge in [-0.2, -0.15) is 0 Å². The van der Waals surface area contributed by atoms with Gasteiger partial charge in [0.15, 0.2) is 0 Å². The van der Waals surface area contributed by atoms with Crippen LogP contribution in [0, 0.1) is 0 Å². The van der Waals surface area contributed by atoms with Gasteiger partial charge in [-0.1, -0.05) is 0 Å². The summed E-state index contributed by atoms with van der Waals surface area (Å²) in [6.45, 7) is 2.81. The molecule has 0 aromatic heterocycles. The molecule has 8 heavy (non-hydrogen) atoms. The van der Waals surface area contributed by atoms with E-state index in [0.717, 1.165) is 6.54 Å². The smallest absolute Gasteiger partial charge is 0.0251 e. The van der Waals surface area contributed by atoms with E-state index >= 15 is 0 Å². The van der Waals surface area contributed by atoms with Crippen LogP contribution in [-0.4, -0.2) is 31.7 Å². The molecule has 0 saturated heterocycles. The van der Waals surface area contributed by atoms with E-state index in [4.69, 9.17) is 5.73 Å². The van der Waals surface area contributed by atoms with Crippen molar-refractivity contribution < 1.29 is 0 Å². The van der Waals surface area contributed by atoms with Crippen molar-refractivity contribution >= 4 is 0 Å². The van der Waals surface area contributed by atoms with Crippen LogP contribution in [0.3, 0.4) is 0 Å². The van der Waals surface area contributed by atoms with Gasteiger partial charge in [0.05, 0.1) is 0 Å². The zero-order valence-electron chi connectivity index (χ0n) is 5.81. The van der Waals surface area contributed by atoms with E-state index in [1.54, 1.807) is 0 Å². The van der Waals surface area contributed by atoms with Crippen molar-refractivity contribution in [2.75, 3.05) is 20.6 Å². The summed E-state index contributed by atoms with van der Waals surface area (Å²) >= 11 is 0. The molecule has 0 aromatic carbocycles. The van der Waals surface area contributed by atoms with Crippen LogP contribution in [0.1, 0.15) is 6.92 Å². The van der Waals surface area contributed by atoms with Crippen LogP contribution < -0.4 is 11.2 Å². The fourth-order valence-corrected chi connectivity index (χ4v) is 0.327. The lowest BCUT2D eigenvalue weighted by Crippen LogP contribution is -2.39. The lowest BCUT2D eigenvalue weighted by atomic mass is 10.4. The molecule has 0 fully saturated rings. The Balaban J connectivity index is 2.93. The molecule has 0 aliphatic carbocycles. The summed E-state index contributed by atoms with van der Waals surface area (Å²) < 4.78 is 0. The summed E-state index contributed by atoms with van der Waals surface area (Å²) in [4.78, 5) is 0. The molecule has 3 heteroatoms. The van der Waals surface area contributed by atoms with Crippen molar-refractivity contribution in [3.63, 3.8) is 0 Å². The molecule has 0 saturated carbocycles. The van der Waals surface area contributed by atoms with Gasteiger partial charge in [0, 0.05) is 26.7 Å². The second-order valence-electron chi connectivity index (χ2n) is 2.23. The Hall–Kier alpha value is -0.120. The van der Waals surface area contributed by atoms with E-state index in [9.17, 15) is 0 Å². The SMILES string of the molecule is CC(N)CNN(C)C. The highest BCUT2D eigenvalue weighted by molar-refractivity contribution is 4.52. The summed E-state index contributed by atoms with van der Waals surface area (Å²) in [5.74, 6) is 0. The van der Waals surface area contributed by atoms with Crippen molar-refractivity contribution in [3.05, 3.63) is 0 Å². The molecule has 0 bridgehead atoms. The second-order valence-corrected chi connectivity index (χ2v) is 2.23. The van der Waals surface area contributed by atoms with Crippen molar-refractivity contribution in [2.24, 2.45) is 5.73 Å². The Morgan fingerprint density at radius 2 is 2.12 bits per heavy atom. The van der Waals surface area contributed by atoms with Crippen LogP contribution in [0.2, 0.25) is 0 Å². The van der Waals surface area contributed by atoms with Gasteiger partial charge in [-0.25, -0.2) is 0 Å². The fourth-order valence-electron chi connectivity index (χ4n) is 0.327. The number of hydrogen-bond donors (Lipinski definition) is 2. The topological polar surface area (TPSA) is 41.3 Å². The number of hydrogen-bond acceptors (Lipinski definition) is 3. The molecule has 0 aromatic rings. The van der Waals surface area contributed by atoms with Gasteiger partial charge < -0.3 is 5.73 Å². The minimum Gasteiger partial charge on any atom is -0.327 e. The minimum atomic E-state index is 0.234. The average Bonchev–Trinajstić information content (AvgIpc) is 1.61. The van der Waals surface area contributed by atoms with E-state index in [1.807, 2.05) is 26.0 Å². The maximum Gasteiger partial charge on any atom is 0.0251 e. The van der Waals surface area contributed by atoms with Gasteiger partial charge in [-0.15, -0.1) is 0 Å². The molecule has 50 valence electrons. The molecule has 0 amide bonds. The van der Waals surface area contributed by atoms with Crippen LogP contribution in [0.5, 0.6) is 0 Å². The second kappa shape index (κ2) is 3.83. The minimum absolute atomic E-state index is 0.234. The van der Waals surface area contributed by atoms with Crippen molar-refractivity contribution in [3.8, 4) is 0 Å². The molecular weight excluding hydrogens is 102 g/mol. The maximum absolute atomic E-state index is 5.45. The van der Waals surface area contributed by atoms with E-state index in [0.29, 0.717) is 0 Å². The summed E-state index contributed by atoms with van der Waals surface area (Å²) in [6, 6.07) is 0.234. The Labute approximate surface area is 50.8 Å². The van der Waals surface area contributed by atoms with Crippen LogP contribution in [0.25, 0.3) is 0 Å². The van der Waals surface area contributed by atoms with Gasteiger partial charge in [0.25, 0.3) is 0 Å². The first kappa shape index (κ1) is 7.88. The lowest BCUT2D eigenvalue weighted by Gasteiger charge is -2.13. The third-order valence-corrected chi connectivity index (χ3v) is 0.729. The molecule has 0 radical (unpaired) electrons. The Morgan fingerprint density at radius 1 is 1.62 bits per heavy atom. The lowest BCUT2D eigenvalue weighted by molar-refractivity contribution is 0.282. The summed E-state index contributed by atoms with van der Waals surface area (Å²) in [5, 5.41) is 1.89. The van der Waals surface area contributed by atoms with Gasteiger partial charge in [-0.3, -0.25) is 10.4 Å².